The topological polar surface area (TPSA) is 56.8 Å². The number of allylic oxidation sites excluding steroid dienone is 3. The second kappa shape index (κ2) is 8.74. The Labute approximate surface area is 178 Å². The highest BCUT2D eigenvalue weighted by atomic mass is 35.5. The molecule has 0 saturated heterocycles. The average molecular weight is 411 g/mol. The standard InChI is InChI=1S/C24H31ClN4/c1-4-16(12-17-8-9-26-24-23(17)27-14-28-24)6-7-21-19(5-2)20-13-18(25)10-15(3)11-22(20)29-21/h9-10,13-14,16-17,29H,4-8,11-12H2,1-3H3,(H,27,28)/t16-,17-/m1/s1. The fourth-order valence-electron chi connectivity index (χ4n) is 4.88. The molecule has 0 bridgehead atoms. The van der Waals surface area contributed by atoms with E-state index in [1.165, 1.54) is 53.0 Å². The molecular weight excluding hydrogens is 380 g/mol. The molecule has 4 rings (SSSR count). The van der Waals surface area contributed by atoms with Gasteiger partial charge in [-0.2, -0.15) is 0 Å². The van der Waals surface area contributed by atoms with Gasteiger partial charge in [0, 0.05) is 40.5 Å². The van der Waals surface area contributed by atoms with Gasteiger partial charge in [0.15, 0.2) is 5.82 Å². The molecule has 5 heteroatoms. The summed E-state index contributed by atoms with van der Waals surface area (Å²) in [4.78, 5) is 15.8. The minimum Gasteiger partial charge on any atom is -0.361 e. The smallest absolute Gasteiger partial charge is 0.173 e. The Hall–Kier alpha value is -2.07. The molecule has 0 aromatic carbocycles. The van der Waals surface area contributed by atoms with Crippen LogP contribution < -0.4 is 0 Å². The fraction of sp³-hybridized carbons (Fsp3) is 0.500. The quantitative estimate of drug-likeness (QED) is 0.529. The Kier molecular flexibility index (Phi) is 6.09. The van der Waals surface area contributed by atoms with Gasteiger partial charge in [-0.25, -0.2) is 9.98 Å². The third-order valence-electron chi connectivity index (χ3n) is 6.45. The molecule has 0 unspecified atom stereocenters. The molecule has 2 aromatic heterocycles. The molecule has 0 spiro atoms. The molecular formula is C24H31ClN4. The van der Waals surface area contributed by atoms with Crippen molar-refractivity contribution in [3.05, 3.63) is 51.2 Å². The summed E-state index contributed by atoms with van der Waals surface area (Å²) in [5.74, 6) is 2.08. The summed E-state index contributed by atoms with van der Waals surface area (Å²) in [7, 11) is 0. The normalized spacial score (nSPS) is 19.2. The van der Waals surface area contributed by atoms with Gasteiger partial charge in [0.05, 0.1) is 12.0 Å². The number of aromatic nitrogens is 3. The SMILES string of the molecule is CCc1c(CC[C@@H](CC)C[C@H]2CC=Nc3nc[nH]c32)[nH]c2c1C=C(Cl)C=C(C)C2. The lowest BCUT2D eigenvalue weighted by molar-refractivity contribution is 0.395. The number of aliphatic imine (C=N–C) groups is 1. The average Bonchev–Trinajstić information content (AvgIpc) is 3.26. The molecule has 1 aliphatic carbocycles. The van der Waals surface area contributed by atoms with Gasteiger partial charge in [-0.3, -0.25) is 0 Å². The highest BCUT2D eigenvalue weighted by Crippen LogP contribution is 2.36. The number of aromatic amines is 2. The van der Waals surface area contributed by atoms with Crippen molar-refractivity contribution < 1.29 is 0 Å². The summed E-state index contributed by atoms with van der Waals surface area (Å²) in [6.07, 6.45) is 15.7. The van der Waals surface area contributed by atoms with Crippen LogP contribution in [0.4, 0.5) is 5.82 Å². The second-order valence-corrected chi connectivity index (χ2v) is 8.89. The van der Waals surface area contributed by atoms with Gasteiger partial charge in [-0.15, -0.1) is 0 Å². The first-order chi connectivity index (χ1) is 14.1. The summed E-state index contributed by atoms with van der Waals surface area (Å²) in [6, 6.07) is 0. The number of imidazole rings is 1. The number of H-pyrrole nitrogens is 2. The molecule has 0 amide bonds. The van der Waals surface area contributed by atoms with E-state index in [-0.39, 0.29) is 0 Å². The highest BCUT2D eigenvalue weighted by Gasteiger charge is 2.24. The van der Waals surface area contributed by atoms with E-state index < -0.39 is 0 Å². The van der Waals surface area contributed by atoms with Gasteiger partial charge in [0.1, 0.15) is 0 Å². The molecule has 3 heterocycles. The largest absolute Gasteiger partial charge is 0.361 e. The molecule has 0 fully saturated rings. The Balaban J connectivity index is 1.47. The zero-order valence-corrected chi connectivity index (χ0v) is 18.4. The predicted octanol–water partition coefficient (Wildman–Crippen LogP) is 6.62. The van der Waals surface area contributed by atoms with Gasteiger partial charge >= 0.3 is 0 Å². The van der Waals surface area contributed by atoms with Crippen molar-refractivity contribution in [2.75, 3.05) is 0 Å². The lowest BCUT2D eigenvalue weighted by Gasteiger charge is -2.23. The first-order valence-corrected chi connectivity index (χ1v) is 11.3. The second-order valence-electron chi connectivity index (χ2n) is 8.46. The molecule has 154 valence electrons. The van der Waals surface area contributed by atoms with Crippen LogP contribution in [0, 0.1) is 5.92 Å². The number of nitrogens with one attached hydrogen (secondary N) is 2. The Morgan fingerprint density at radius 3 is 2.93 bits per heavy atom. The molecule has 2 aliphatic rings. The van der Waals surface area contributed by atoms with Crippen molar-refractivity contribution in [3.63, 3.8) is 0 Å². The third kappa shape index (κ3) is 4.28. The van der Waals surface area contributed by atoms with Crippen LogP contribution in [0.5, 0.6) is 0 Å². The lowest BCUT2D eigenvalue weighted by atomic mass is 9.84. The Morgan fingerprint density at radius 2 is 2.14 bits per heavy atom. The molecule has 4 nitrogen and oxygen atoms in total. The minimum atomic E-state index is 0.510. The molecule has 2 aromatic rings. The number of hydrogen-bond acceptors (Lipinski definition) is 2. The predicted molar refractivity (Wildman–Crippen MR) is 122 cm³/mol. The van der Waals surface area contributed by atoms with Crippen LogP contribution in [0.3, 0.4) is 0 Å². The van der Waals surface area contributed by atoms with E-state index in [4.69, 9.17) is 11.6 Å². The van der Waals surface area contributed by atoms with Gasteiger partial charge < -0.3 is 9.97 Å². The monoisotopic (exact) mass is 410 g/mol. The van der Waals surface area contributed by atoms with E-state index in [0.717, 1.165) is 36.5 Å². The maximum Gasteiger partial charge on any atom is 0.173 e. The van der Waals surface area contributed by atoms with Gasteiger partial charge in [0.2, 0.25) is 0 Å². The maximum atomic E-state index is 6.42. The number of rotatable bonds is 7. The van der Waals surface area contributed by atoms with E-state index >= 15 is 0 Å². The molecule has 0 radical (unpaired) electrons. The van der Waals surface area contributed by atoms with E-state index in [0.29, 0.717) is 11.8 Å². The lowest BCUT2D eigenvalue weighted by Crippen LogP contribution is -2.12. The van der Waals surface area contributed by atoms with Crippen molar-refractivity contribution in [2.45, 2.75) is 71.6 Å². The van der Waals surface area contributed by atoms with Crippen molar-refractivity contribution in [2.24, 2.45) is 10.9 Å². The van der Waals surface area contributed by atoms with E-state index in [9.17, 15) is 0 Å². The zero-order chi connectivity index (χ0) is 20.4. The van der Waals surface area contributed by atoms with Crippen LogP contribution in [0.25, 0.3) is 6.08 Å². The minimum absolute atomic E-state index is 0.510. The van der Waals surface area contributed by atoms with Crippen molar-refractivity contribution in [1.82, 2.24) is 15.0 Å². The molecule has 1 aliphatic heterocycles. The van der Waals surface area contributed by atoms with Crippen LogP contribution >= 0.6 is 11.6 Å². The van der Waals surface area contributed by atoms with Crippen molar-refractivity contribution >= 4 is 29.7 Å². The van der Waals surface area contributed by atoms with E-state index in [1.807, 2.05) is 6.21 Å². The van der Waals surface area contributed by atoms with Crippen LogP contribution in [-0.2, 0) is 19.3 Å². The summed E-state index contributed by atoms with van der Waals surface area (Å²) < 4.78 is 0. The van der Waals surface area contributed by atoms with E-state index in [2.05, 4.69) is 52.9 Å². The first-order valence-electron chi connectivity index (χ1n) is 10.9. The summed E-state index contributed by atoms with van der Waals surface area (Å²) in [6.45, 7) is 6.72. The summed E-state index contributed by atoms with van der Waals surface area (Å²) in [5, 5.41) is 0.835. The number of halogens is 1. The van der Waals surface area contributed by atoms with Crippen molar-refractivity contribution in [3.8, 4) is 0 Å². The number of nitrogens with zero attached hydrogens (tertiary/aromatic N) is 2. The number of hydrogen-bond donors (Lipinski definition) is 2. The Morgan fingerprint density at radius 1 is 1.28 bits per heavy atom. The Bertz CT molecular complexity index is 960. The molecule has 0 saturated carbocycles. The summed E-state index contributed by atoms with van der Waals surface area (Å²) >= 11 is 6.42. The van der Waals surface area contributed by atoms with E-state index in [1.54, 1.807) is 6.33 Å². The third-order valence-corrected chi connectivity index (χ3v) is 6.67. The number of aryl methyl sites for hydroxylation is 1. The first kappa shape index (κ1) is 20.2. The fourth-order valence-corrected chi connectivity index (χ4v) is 5.18. The zero-order valence-electron chi connectivity index (χ0n) is 17.7. The van der Waals surface area contributed by atoms with Gasteiger partial charge in [-0.05, 0) is 62.7 Å². The maximum absolute atomic E-state index is 6.42. The van der Waals surface area contributed by atoms with Crippen LogP contribution in [0.15, 0.2) is 28.0 Å². The van der Waals surface area contributed by atoms with Crippen LogP contribution in [0.1, 0.15) is 80.6 Å². The van der Waals surface area contributed by atoms with Gasteiger partial charge in [-0.1, -0.05) is 37.4 Å². The van der Waals surface area contributed by atoms with Crippen LogP contribution in [-0.4, -0.2) is 21.2 Å². The number of fused-ring (bicyclic) bond motifs is 2. The highest BCUT2D eigenvalue weighted by molar-refractivity contribution is 6.33. The van der Waals surface area contributed by atoms with Crippen molar-refractivity contribution in [1.29, 1.82) is 0 Å². The molecule has 2 atom stereocenters. The van der Waals surface area contributed by atoms with Crippen LogP contribution in [0.2, 0.25) is 0 Å². The molecule has 29 heavy (non-hydrogen) atoms. The molecule has 2 N–H and O–H groups in total. The summed E-state index contributed by atoms with van der Waals surface area (Å²) in [5.41, 5.74) is 8.00. The van der Waals surface area contributed by atoms with Gasteiger partial charge in [0.25, 0.3) is 0 Å².